The van der Waals surface area contributed by atoms with Gasteiger partial charge in [0.15, 0.2) is 0 Å². The van der Waals surface area contributed by atoms with E-state index in [2.05, 4.69) is 13.8 Å². The van der Waals surface area contributed by atoms with E-state index in [9.17, 15) is 4.39 Å². The Balaban J connectivity index is 4.01. The molecule has 0 N–H and O–H groups in total. The molecule has 0 amide bonds. The fourth-order valence-corrected chi connectivity index (χ4v) is 0.459. The molecule has 1 atom stereocenters. The molecule has 1 unspecified atom stereocenters. The van der Waals surface area contributed by atoms with E-state index < -0.39 is 6.17 Å². The highest BCUT2D eigenvalue weighted by Gasteiger charge is 2.28. The van der Waals surface area contributed by atoms with Gasteiger partial charge in [0.05, 0.1) is 0 Å². The Bertz CT molecular complexity index is 72.6. The first-order valence-electron chi connectivity index (χ1n) is 3.53. The van der Waals surface area contributed by atoms with Gasteiger partial charge in [0, 0.05) is 0 Å². The zero-order chi connectivity index (χ0) is 7.65. The van der Waals surface area contributed by atoms with Crippen LogP contribution in [0, 0.1) is 11.3 Å². The molecule has 1 heteroatoms. The molecule has 0 aromatic heterocycles. The lowest BCUT2D eigenvalue weighted by molar-refractivity contribution is 0.106. The van der Waals surface area contributed by atoms with E-state index in [-0.39, 0.29) is 5.41 Å². The third-order valence-corrected chi connectivity index (χ3v) is 2.51. The van der Waals surface area contributed by atoms with Crippen molar-refractivity contribution in [1.29, 1.82) is 0 Å². The normalized spacial score (nSPS) is 16.3. The smallest absolute Gasteiger partial charge is 0.103 e. The van der Waals surface area contributed by atoms with Gasteiger partial charge in [0.25, 0.3) is 0 Å². The van der Waals surface area contributed by atoms with E-state index in [1.165, 1.54) is 0 Å². The standard InChI is InChI=1S/C8H17F/c1-6(2)8(4,5)7(3)9/h6-7H,1-5H3. The van der Waals surface area contributed by atoms with Gasteiger partial charge in [-0.2, -0.15) is 0 Å². The molecule has 0 aliphatic carbocycles. The zero-order valence-electron chi connectivity index (χ0n) is 7.03. The van der Waals surface area contributed by atoms with Crippen LogP contribution in [-0.2, 0) is 0 Å². The first-order chi connectivity index (χ1) is 3.89. The number of alkyl halides is 1. The molecule has 0 radical (unpaired) electrons. The third-order valence-electron chi connectivity index (χ3n) is 2.51. The maximum atomic E-state index is 12.7. The van der Waals surface area contributed by atoms with E-state index in [4.69, 9.17) is 0 Å². The first-order valence-corrected chi connectivity index (χ1v) is 3.53. The van der Waals surface area contributed by atoms with E-state index >= 15 is 0 Å². The second-order valence-corrected chi connectivity index (χ2v) is 3.59. The highest BCUT2D eigenvalue weighted by atomic mass is 19.1. The fraction of sp³-hybridized carbons (Fsp3) is 1.00. The number of hydrogen-bond acceptors (Lipinski definition) is 0. The molecule has 0 aliphatic rings. The minimum Gasteiger partial charge on any atom is -0.247 e. The van der Waals surface area contributed by atoms with Crippen LogP contribution in [0.15, 0.2) is 0 Å². The zero-order valence-corrected chi connectivity index (χ0v) is 7.03. The van der Waals surface area contributed by atoms with Gasteiger partial charge >= 0.3 is 0 Å². The summed E-state index contributed by atoms with van der Waals surface area (Å²) in [6.45, 7) is 9.65. The highest BCUT2D eigenvalue weighted by molar-refractivity contribution is 4.77. The van der Waals surface area contributed by atoms with Gasteiger partial charge in [0.1, 0.15) is 6.17 Å². The van der Waals surface area contributed by atoms with Gasteiger partial charge in [-0.1, -0.05) is 27.7 Å². The van der Waals surface area contributed by atoms with Gasteiger partial charge in [-0.05, 0) is 18.3 Å². The summed E-state index contributed by atoms with van der Waals surface area (Å²) in [5.74, 6) is 0.414. The molecule has 0 aromatic carbocycles. The van der Waals surface area contributed by atoms with Crippen molar-refractivity contribution in [1.82, 2.24) is 0 Å². The maximum absolute atomic E-state index is 12.7. The summed E-state index contributed by atoms with van der Waals surface area (Å²) in [6.07, 6.45) is -0.711. The molecule has 0 nitrogen and oxygen atoms in total. The quantitative estimate of drug-likeness (QED) is 0.541. The van der Waals surface area contributed by atoms with Gasteiger partial charge in [-0.25, -0.2) is 4.39 Å². The fourth-order valence-electron chi connectivity index (χ4n) is 0.459. The van der Waals surface area contributed by atoms with Crippen LogP contribution in [0.1, 0.15) is 34.6 Å². The third kappa shape index (κ3) is 1.96. The van der Waals surface area contributed by atoms with Crippen LogP contribution in [-0.4, -0.2) is 6.17 Å². The molecule has 0 saturated heterocycles. The van der Waals surface area contributed by atoms with Crippen molar-refractivity contribution in [3.63, 3.8) is 0 Å². The molecule has 0 spiro atoms. The van der Waals surface area contributed by atoms with E-state index in [1.54, 1.807) is 6.92 Å². The van der Waals surface area contributed by atoms with Gasteiger partial charge in [-0.15, -0.1) is 0 Å². The highest BCUT2D eigenvalue weighted by Crippen LogP contribution is 2.31. The predicted molar refractivity (Wildman–Crippen MR) is 39.2 cm³/mol. The van der Waals surface area contributed by atoms with Crippen LogP contribution >= 0.6 is 0 Å². The molecule has 9 heavy (non-hydrogen) atoms. The largest absolute Gasteiger partial charge is 0.247 e. The summed E-state index contributed by atoms with van der Waals surface area (Å²) in [5.41, 5.74) is -0.167. The molecule has 0 saturated carbocycles. The Kier molecular flexibility index (Phi) is 2.66. The molecule has 56 valence electrons. The van der Waals surface area contributed by atoms with Gasteiger partial charge in [-0.3, -0.25) is 0 Å². The monoisotopic (exact) mass is 132 g/mol. The molecular formula is C8H17F. The van der Waals surface area contributed by atoms with Crippen molar-refractivity contribution in [3.05, 3.63) is 0 Å². The van der Waals surface area contributed by atoms with E-state index in [1.807, 2.05) is 13.8 Å². The lowest BCUT2D eigenvalue weighted by Gasteiger charge is -2.30. The van der Waals surface area contributed by atoms with Crippen molar-refractivity contribution in [2.24, 2.45) is 11.3 Å². The summed E-state index contributed by atoms with van der Waals surface area (Å²) in [6, 6.07) is 0. The average Bonchev–Trinajstić information content (AvgIpc) is 1.65. The lowest BCUT2D eigenvalue weighted by atomic mass is 9.78. The van der Waals surface area contributed by atoms with Crippen LogP contribution in [0.4, 0.5) is 4.39 Å². The van der Waals surface area contributed by atoms with Crippen LogP contribution in [0.25, 0.3) is 0 Å². The van der Waals surface area contributed by atoms with Crippen molar-refractivity contribution in [2.75, 3.05) is 0 Å². The summed E-state index contributed by atoms with van der Waals surface area (Å²) in [5, 5.41) is 0. The van der Waals surface area contributed by atoms with Crippen molar-refractivity contribution in [3.8, 4) is 0 Å². The molecule has 0 rings (SSSR count). The Labute approximate surface area is 57.5 Å². The Morgan fingerprint density at radius 2 is 1.44 bits per heavy atom. The topological polar surface area (TPSA) is 0 Å². The molecule has 0 aliphatic heterocycles. The second kappa shape index (κ2) is 2.68. The summed E-state index contributed by atoms with van der Waals surface area (Å²) in [7, 11) is 0. The molecule has 0 heterocycles. The first kappa shape index (κ1) is 8.93. The van der Waals surface area contributed by atoms with Crippen LogP contribution in [0.3, 0.4) is 0 Å². The van der Waals surface area contributed by atoms with Crippen LogP contribution in [0.2, 0.25) is 0 Å². The van der Waals surface area contributed by atoms with Crippen LogP contribution < -0.4 is 0 Å². The van der Waals surface area contributed by atoms with Crippen molar-refractivity contribution < 1.29 is 4.39 Å². The average molecular weight is 132 g/mol. The van der Waals surface area contributed by atoms with Gasteiger partial charge < -0.3 is 0 Å². The van der Waals surface area contributed by atoms with Crippen LogP contribution in [0.5, 0.6) is 0 Å². The minimum absolute atomic E-state index is 0.167. The lowest BCUT2D eigenvalue weighted by Crippen LogP contribution is -2.28. The van der Waals surface area contributed by atoms with Gasteiger partial charge in [0.2, 0.25) is 0 Å². The summed E-state index contributed by atoms with van der Waals surface area (Å²) < 4.78 is 12.7. The Hall–Kier alpha value is -0.0700. The van der Waals surface area contributed by atoms with Crippen molar-refractivity contribution >= 4 is 0 Å². The maximum Gasteiger partial charge on any atom is 0.103 e. The number of halogens is 1. The van der Waals surface area contributed by atoms with E-state index in [0.717, 1.165) is 0 Å². The number of rotatable bonds is 2. The molecule has 0 fully saturated rings. The second-order valence-electron chi connectivity index (χ2n) is 3.59. The molecule has 0 bridgehead atoms. The predicted octanol–water partition coefficient (Wildman–Crippen LogP) is 3.03. The Morgan fingerprint density at radius 1 is 1.11 bits per heavy atom. The number of hydrogen-bond donors (Lipinski definition) is 0. The summed E-state index contributed by atoms with van der Waals surface area (Å²) in [4.78, 5) is 0. The Morgan fingerprint density at radius 3 is 1.44 bits per heavy atom. The minimum atomic E-state index is -0.711. The van der Waals surface area contributed by atoms with Crippen molar-refractivity contribution in [2.45, 2.75) is 40.8 Å². The SMILES string of the molecule is CC(C)C(C)(C)C(C)F. The molecular weight excluding hydrogens is 115 g/mol. The summed E-state index contributed by atoms with van der Waals surface area (Å²) >= 11 is 0. The van der Waals surface area contributed by atoms with E-state index in [0.29, 0.717) is 5.92 Å². The molecule has 0 aromatic rings.